The van der Waals surface area contributed by atoms with Crippen molar-refractivity contribution in [2.45, 2.75) is 71.4 Å². The van der Waals surface area contributed by atoms with E-state index < -0.39 is 16.1 Å². The second-order valence-corrected chi connectivity index (χ2v) is 14.9. The molecule has 0 amide bonds. The lowest BCUT2D eigenvalue weighted by Gasteiger charge is -2.69. The summed E-state index contributed by atoms with van der Waals surface area (Å²) in [7, 11) is -2.14. The highest BCUT2D eigenvalue weighted by Crippen LogP contribution is 2.72. The van der Waals surface area contributed by atoms with E-state index in [1.807, 2.05) is 23.6 Å². The van der Waals surface area contributed by atoms with Crippen molar-refractivity contribution in [3.05, 3.63) is 35.9 Å². The molecular formula is C28H40N4O6S. The first-order chi connectivity index (χ1) is 18.1. The third-order valence-corrected chi connectivity index (χ3v) is 9.85. The van der Waals surface area contributed by atoms with Crippen molar-refractivity contribution >= 4 is 16.1 Å². The summed E-state index contributed by atoms with van der Waals surface area (Å²) in [5.74, 6) is -1.34. The fourth-order valence-corrected chi connectivity index (χ4v) is 9.48. The molecule has 4 saturated carbocycles. The van der Waals surface area contributed by atoms with Gasteiger partial charge in [0.1, 0.15) is 0 Å². The van der Waals surface area contributed by atoms with Crippen LogP contribution in [0.25, 0.3) is 11.1 Å². The van der Waals surface area contributed by atoms with Crippen LogP contribution in [0.1, 0.15) is 68.6 Å². The van der Waals surface area contributed by atoms with E-state index >= 15 is 0 Å². The van der Waals surface area contributed by atoms with Gasteiger partial charge >= 0.3 is 5.97 Å². The molecule has 0 saturated heterocycles. The Labute approximate surface area is 230 Å². The summed E-state index contributed by atoms with van der Waals surface area (Å²) >= 11 is 0. The quantitative estimate of drug-likeness (QED) is 0.392. The first kappa shape index (κ1) is 28.2. The van der Waals surface area contributed by atoms with Crippen LogP contribution in [0.5, 0.6) is 0 Å². The van der Waals surface area contributed by atoms with Crippen molar-refractivity contribution in [1.82, 2.24) is 19.7 Å². The zero-order valence-corrected chi connectivity index (χ0v) is 24.1. The van der Waals surface area contributed by atoms with Crippen LogP contribution >= 0.6 is 0 Å². The number of pyridine rings is 1. The van der Waals surface area contributed by atoms with Gasteiger partial charge in [-0.25, -0.2) is 9.78 Å². The van der Waals surface area contributed by atoms with E-state index in [4.69, 9.17) is 14.4 Å². The Balaban J connectivity index is 1.36. The molecule has 2 unspecified atom stereocenters. The highest BCUT2D eigenvalue weighted by atomic mass is 32.2. The summed E-state index contributed by atoms with van der Waals surface area (Å²) < 4.78 is 40.0. The van der Waals surface area contributed by atoms with Gasteiger partial charge in [-0.15, -0.1) is 0 Å². The minimum atomic E-state index is -3.98. The number of aromatic nitrogens is 3. The van der Waals surface area contributed by atoms with Crippen LogP contribution in [-0.2, 0) is 21.4 Å². The number of carboxylic acids is 1. The molecule has 0 spiro atoms. The number of carboxylic acid groups (broad SMARTS) is 1. The number of carbonyl (C=O) groups is 1. The topological polar surface area (TPSA) is 135 Å². The van der Waals surface area contributed by atoms with Crippen LogP contribution in [0, 0.1) is 23.2 Å². The Morgan fingerprint density at radius 2 is 1.79 bits per heavy atom. The molecule has 2 atom stereocenters. The fraction of sp³-hybridized carbons (Fsp3) is 0.679. The van der Waals surface area contributed by atoms with E-state index in [1.165, 1.54) is 12.6 Å². The molecule has 4 aliphatic rings. The Kier molecular flexibility index (Phi) is 6.97. The predicted octanol–water partition coefficient (Wildman–Crippen LogP) is 3.91. The lowest BCUT2D eigenvalue weighted by molar-refractivity contribution is -0.248. The average molecular weight is 561 g/mol. The van der Waals surface area contributed by atoms with Crippen molar-refractivity contribution in [3.63, 3.8) is 0 Å². The number of hydrogen-bond acceptors (Lipinski definition) is 7. The van der Waals surface area contributed by atoms with Crippen molar-refractivity contribution in [3.8, 4) is 11.1 Å². The van der Waals surface area contributed by atoms with Crippen molar-refractivity contribution in [1.29, 1.82) is 0 Å². The zero-order valence-electron chi connectivity index (χ0n) is 23.3. The fourth-order valence-electron chi connectivity index (χ4n) is 8.93. The molecule has 2 aromatic rings. The van der Waals surface area contributed by atoms with Crippen molar-refractivity contribution in [2.75, 3.05) is 32.5 Å². The third-order valence-electron chi connectivity index (χ3n) is 9.15. The Bertz CT molecular complexity index is 1350. The number of aromatic carboxylic acids is 1. The molecule has 10 nitrogen and oxygen atoms in total. The number of rotatable bonds is 11. The normalized spacial score (nSPS) is 31.7. The molecule has 2 N–H and O–H groups in total. The van der Waals surface area contributed by atoms with Crippen molar-refractivity contribution < 1.29 is 27.6 Å². The first-order valence-corrected chi connectivity index (χ1v) is 15.2. The van der Waals surface area contributed by atoms with Gasteiger partial charge in [-0.3, -0.25) is 9.23 Å². The van der Waals surface area contributed by atoms with Crippen LogP contribution in [-0.4, -0.2) is 81.8 Å². The van der Waals surface area contributed by atoms with Crippen LogP contribution in [0.3, 0.4) is 0 Å². The monoisotopic (exact) mass is 560 g/mol. The van der Waals surface area contributed by atoms with Crippen LogP contribution < -0.4 is 0 Å². The molecule has 2 aromatic heterocycles. The Morgan fingerprint density at radius 3 is 2.44 bits per heavy atom. The van der Waals surface area contributed by atoms with Gasteiger partial charge in [-0.05, 0) is 74.8 Å². The lowest BCUT2D eigenvalue weighted by Crippen LogP contribution is -2.64. The van der Waals surface area contributed by atoms with Gasteiger partial charge in [-0.1, -0.05) is 19.9 Å². The molecule has 11 heteroatoms. The average Bonchev–Trinajstić information content (AvgIpc) is 3.13. The highest BCUT2D eigenvalue weighted by Gasteiger charge is 2.66. The molecule has 4 fully saturated rings. The van der Waals surface area contributed by atoms with E-state index in [1.54, 1.807) is 18.3 Å². The third kappa shape index (κ3) is 5.77. The van der Waals surface area contributed by atoms with Gasteiger partial charge in [0.25, 0.3) is 10.1 Å². The highest BCUT2D eigenvalue weighted by molar-refractivity contribution is 7.85. The van der Waals surface area contributed by atoms with Gasteiger partial charge in [0, 0.05) is 42.7 Å². The van der Waals surface area contributed by atoms with E-state index in [9.17, 15) is 18.3 Å². The largest absolute Gasteiger partial charge is 0.476 e. The molecular weight excluding hydrogens is 520 g/mol. The van der Waals surface area contributed by atoms with E-state index in [0.717, 1.165) is 49.9 Å². The van der Waals surface area contributed by atoms with Gasteiger partial charge in [0.2, 0.25) is 0 Å². The van der Waals surface area contributed by atoms with Crippen LogP contribution in [0.2, 0.25) is 0 Å². The molecule has 4 bridgehead atoms. The smallest absolute Gasteiger partial charge is 0.355 e. The molecule has 4 aliphatic carbocycles. The summed E-state index contributed by atoms with van der Waals surface area (Å²) in [6.45, 7) is 8.90. The lowest BCUT2D eigenvalue weighted by atomic mass is 9.39. The van der Waals surface area contributed by atoms with E-state index in [0.29, 0.717) is 18.7 Å². The van der Waals surface area contributed by atoms with Crippen LogP contribution in [0.15, 0.2) is 24.5 Å². The minimum Gasteiger partial charge on any atom is -0.476 e. The maximum absolute atomic E-state index is 11.8. The molecule has 214 valence electrons. The Morgan fingerprint density at radius 1 is 1.10 bits per heavy atom. The molecule has 39 heavy (non-hydrogen) atoms. The number of hydrogen-bond donors (Lipinski definition) is 2. The van der Waals surface area contributed by atoms with Gasteiger partial charge in [0.15, 0.2) is 5.69 Å². The molecule has 0 radical (unpaired) electrons. The molecule has 2 heterocycles. The van der Waals surface area contributed by atoms with Crippen molar-refractivity contribution in [2.24, 2.45) is 16.2 Å². The van der Waals surface area contributed by atoms with Gasteiger partial charge in [0.05, 0.1) is 24.2 Å². The molecule has 0 aliphatic heterocycles. The first-order valence-electron chi connectivity index (χ1n) is 13.6. The number of likely N-dealkylation sites (N-methyl/N-ethyl adjacent to an activating group) is 1. The number of ether oxygens (including phenoxy) is 1. The van der Waals surface area contributed by atoms with E-state index in [2.05, 4.69) is 18.8 Å². The SMILES string of the molecule is Cc1c(-c2cccnc2C(=O)O)cnn1CC12CC3(C)CC(C)(C1)CC(OCCN(C)CCS(=O)(=O)O)(C3)C2. The maximum atomic E-state index is 11.8. The predicted molar refractivity (Wildman–Crippen MR) is 146 cm³/mol. The van der Waals surface area contributed by atoms with Crippen LogP contribution in [0.4, 0.5) is 0 Å². The standard InChI is InChI=1S/C28H40N4O6S/c1-20-22(21-6-5-7-29-23(21)24(33)34)12-30-32(20)19-27-14-25(2)13-26(3,15-27)17-28(16-25,18-27)38-10-8-31(4)9-11-39(35,36)37/h5-7,12H,8-11,13-19H2,1-4H3,(H,33,34)(H,35,36,37). The maximum Gasteiger partial charge on any atom is 0.355 e. The second kappa shape index (κ2) is 9.64. The van der Waals surface area contributed by atoms with Gasteiger partial charge in [-0.2, -0.15) is 13.5 Å². The summed E-state index contributed by atoms with van der Waals surface area (Å²) in [4.78, 5) is 17.7. The molecule has 6 rings (SSSR count). The minimum absolute atomic E-state index is 0.0216. The summed E-state index contributed by atoms with van der Waals surface area (Å²) in [6.07, 6.45) is 9.64. The summed E-state index contributed by atoms with van der Waals surface area (Å²) in [5, 5.41) is 14.4. The zero-order chi connectivity index (χ0) is 28.3. The summed E-state index contributed by atoms with van der Waals surface area (Å²) in [5.41, 5.74) is 2.47. The van der Waals surface area contributed by atoms with Gasteiger partial charge < -0.3 is 14.7 Å². The number of nitrogens with zero attached hydrogens (tertiary/aromatic N) is 4. The second-order valence-electron chi connectivity index (χ2n) is 13.3. The van der Waals surface area contributed by atoms with E-state index in [-0.39, 0.29) is 39.8 Å². The molecule has 0 aromatic carbocycles. The Hall–Kier alpha value is -2.34. The summed E-state index contributed by atoms with van der Waals surface area (Å²) in [6, 6.07) is 3.54.